The summed E-state index contributed by atoms with van der Waals surface area (Å²) in [4.78, 5) is 10.4. The Morgan fingerprint density at radius 3 is 2.41 bits per heavy atom. The van der Waals surface area contributed by atoms with Crippen LogP contribution >= 0.6 is 8.03 Å². The van der Waals surface area contributed by atoms with Crippen molar-refractivity contribution in [1.82, 2.24) is 0 Å². The van der Waals surface area contributed by atoms with Gasteiger partial charge in [-0.3, -0.25) is 4.57 Å². The lowest BCUT2D eigenvalue weighted by Gasteiger charge is -2.07. The number of carbonyl (C=O) groups is 1. The van der Waals surface area contributed by atoms with Gasteiger partial charge in [-0.25, -0.2) is 4.79 Å². The molecule has 0 aliphatic heterocycles. The van der Waals surface area contributed by atoms with Crippen LogP contribution in [0, 0.1) is 11.5 Å². The van der Waals surface area contributed by atoms with Gasteiger partial charge < -0.3 is 15.4 Å². The molecule has 0 aliphatic carbocycles. The van der Waals surface area contributed by atoms with E-state index in [2.05, 4.69) is 5.73 Å². The Bertz CT molecular complexity index is 416. The van der Waals surface area contributed by atoms with E-state index in [9.17, 15) is 9.36 Å². The van der Waals surface area contributed by atoms with Crippen LogP contribution in [0.3, 0.4) is 0 Å². The molecule has 0 fully saturated rings. The number of benzene rings is 1. The smallest absolute Gasteiger partial charge is 0.333 e. The molecule has 0 heterocycles. The molecular weight excluding hydrogens is 243 g/mol. The summed E-state index contributed by atoms with van der Waals surface area (Å²) in [5.74, 6) is -1.11. The molecule has 0 aromatic heterocycles. The van der Waals surface area contributed by atoms with Crippen LogP contribution in [0.5, 0.6) is 0 Å². The van der Waals surface area contributed by atoms with Crippen LogP contribution in [0.2, 0.25) is 0 Å². The minimum absolute atomic E-state index is 0.533. The van der Waals surface area contributed by atoms with Gasteiger partial charge in [0.25, 0.3) is 0 Å². The Morgan fingerprint density at radius 2 is 2.00 bits per heavy atom. The van der Waals surface area contributed by atoms with Crippen molar-refractivity contribution >= 4 is 19.3 Å². The summed E-state index contributed by atoms with van der Waals surface area (Å²) in [5, 5.41) is 16.2. The minimum Gasteiger partial charge on any atom is -0.479 e. The SMILES string of the molecule is CC(O[PH](=O)c1ccccc1)C(=O)O.N#CN. The number of aliphatic carboxylic acids is 1. The molecule has 0 aliphatic rings. The first-order valence-corrected chi connectivity index (χ1v) is 5.93. The summed E-state index contributed by atoms with van der Waals surface area (Å²) in [6, 6.07) is 8.55. The van der Waals surface area contributed by atoms with E-state index >= 15 is 0 Å². The van der Waals surface area contributed by atoms with Crippen molar-refractivity contribution in [3.05, 3.63) is 30.3 Å². The van der Waals surface area contributed by atoms with Gasteiger partial charge in [-0.05, 0) is 19.1 Å². The zero-order valence-electron chi connectivity index (χ0n) is 9.16. The molecule has 0 radical (unpaired) electrons. The Morgan fingerprint density at radius 1 is 1.53 bits per heavy atom. The summed E-state index contributed by atoms with van der Waals surface area (Å²) >= 11 is 0. The molecule has 0 bridgehead atoms. The van der Waals surface area contributed by atoms with E-state index < -0.39 is 20.1 Å². The van der Waals surface area contributed by atoms with Crippen LogP contribution in [-0.4, -0.2) is 17.2 Å². The standard InChI is InChI=1S/C9H11O4P.CH2N2/c1-7(9(10)11)13-14(12)8-5-3-2-4-6-8;2-1-3/h2-7,14H,1H3,(H,10,11);2H2. The van der Waals surface area contributed by atoms with E-state index in [1.54, 1.807) is 30.3 Å². The Hall–Kier alpha value is -1.83. The van der Waals surface area contributed by atoms with E-state index in [1.165, 1.54) is 13.1 Å². The number of carboxylic acid groups (broad SMARTS) is 1. The highest BCUT2D eigenvalue weighted by Crippen LogP contribution is 2.23. The van der Waals surface area contributed by atoms with Crippen molar-refractivity contribution in [2.24, 2.45) is 5.73 Å². The third kappa shape index (κ3) is 6.36. The highest BCUT2D eigenvalue weighted by molar-refractivity contribution is 7.48. The third-order valence-electron chi connectivity index (χ3n) is 1.64. The lowest BCUT2D eigenvalue weighted by Crippen LogP contribution is -2.18. The zero-order valence-corrected chi connectivity index (χ0v) is 10.2. The zero-order chi connectivity index (χ0) is 13.3. The number of nitrogens with two attached hydrogens (primary N) is 1. The van der Waals surface area contributed by atoms with Gasteiger partial charge in [-0.15, -0.1) is 0 Å². The second-order valence-corrected chi connectivity index (χ2v) is 4.27. The van der Waals surface area contributed by atoms with Crippen LogP contribution in [0.25, 0.3) is 0 Å². The van der Waals surface area contributed by atoms with E-state index in [1.807, 2.05) is 0 Å². The fraction of sp³-hybridized carbons (Fsp3) is 0.200. The van der Waals surface area contributed by atoms with E-state index in [0.717, 1.165) is 0 Å². The molecule has 1 rings (SSSR count). The predicted molar refractivity (Wildman–Crippen MR) is 63.1 cm³/mol. The Labute approximate surface area is 99.5 Å². The molecule has 7 heteroatoms. The predicted octanol–water partition coefficient (Wildman–Crippen LogP) is 0.702. The number of nitriles is 1. The Balaban J connectivity index is 0.000000770. The molecular formula is C10H13N2O4P. The van der Waals surface area contributed by atoms with Crippen molar-refractivity contribution in [2.75, 3.05) is 0 Å². The molecule has 1 aromatic rings. The molecule has 0 amide bonds. The fourth-order valence-corrected chi connectivity index (χ4v) is 1.88. The van der Waals surface area contributed by atoms with Gasteiger partial charge in [0.15, 0.2) is 12.3 Å². The van der Waals surface area contributed by atoms with Crippen LogP contribution in [0.1, 0.15) is 6.92 Å². The fourth-order valence-electron chi connectivity index (χ4n) is 0.853. The molecule has 6 nitrogen and oxygen atoms in total. The maximum atomic E-state index is 11.5. The van der Waals surface area contributed by atoms with Crippen LogP contribution in [-0.2, 0) is 13.9 Å². The lowest BCUT2D eigenvalue weighted by atomic mass is 10.4. The highest BCUT2D eigenvalue weighted by Gasteiger charge is 2.15. The van der Waals surface area contributed by atoms with Crippen molar-refractivity contribution < 1.29 is 19.0 Å². The average Bonchev–Trinajstić information content (AvgIpc) is 2.31. The van der Waals surface area contributed by atoms with Crippen molar-refractivity contribution in [3.8, 4) is 6.19 Å². The summed E-state index contributed by atoms with van der Waals surface area (Å²) in [5.41, 5.74) is 4.15. The molecule has 0 spiro atoms. The third-order valence-corrected chi connectivity index (χ3v) is 3.01. The lowest BCUT2D eigenvalue weighted by molar-refractivity contribution is -0.143. The number of hydrogen-bond acceptors (Lipinski definition) is 5. The van der Waals surface area contributed by atoms with Gasteiger partial charge in [-0.2, -0.15) is 5.26 Å². The van der Waals surface area contributed by atoms with Gasteiger partial charge in [0.1, 0.15) is 0 Å². The molecule has 1 aromatic carbocycles. The molecule has 92 valence electrons. The minimum atomic E-state index is -2.44. The molecule has 0 saturated heterocycles. The quantitative estimate of drug-likeness (QED) is 0.465. The van der Waals surface area contributed by atoms with Crippen LogP contribution in [0.15, 0.2) is 30.3 Å². The average molecular weight is 256 g/mol. The van der Waals surface area contributed by atoms with Gasteiger partial charge in [0.05, 0.1) is 0 Å². The second kappa shape index (κ2) is 8.34. The highest BCUT2D eigenvalue weighted by atomic mass is 31.1. The van der Waals surface area contributed by atoms with Crippen molar-refractivity contribution in [3.63, 3.8) is 0 Å². The van der Waals surface area contributed by atoms with Gasteiger partial charge >= 0.3 is 5.97 Å². The number of rotatable bonds is 4. The topological polar surface area (TPSA) is 113 Å². The van der Waals surface area contributed by atoms with Crippen molar-refractivity contribution in [1.29, 1.82) is 5.26 Å². The molecule has 0 saturated carbocycles. The van der Waals surface area contributed by atoms with Crippen LogP contribution in [0.4, 0.5) is 0 Å². The maximum Gasteiger partial charge on any atom is 0.333 e. The molecule has 3 N–H and O–H groups in total. The van der Waals surface area contributed by atoms with Gasteiger partial charge in [-0.1, -0.05) is 18.2 Å². The second-order valence-electron chi connectivity index (χ2n) is 2.88. The van der Waals surface area contributed by atoms with E-state index in [-0.39, 0.29) is 0 Å². The largest absolute Gasteiger partial charge is 0.479 e. The number of hydrogen-bond donors (Lipinski definition) is 2. The van der Waals surface area contributed by atoms with Gasteiger partial charge in [0.2, 0.25) is 8.03 Å². The first-order chi connectivity index (χ1) is 8.02. The maximum absolute atomic E-state index is 11.5. The van der Waals surface area contributed by atoms with E-state index in [4.69, 9.17) is 14.9 Å². The molecule has 17 heavy (non-hydrogen) atoms. The summed E-state index contributed by atoms with van der Waals surface area (Å²) < 4.78 is 16.3. The van der Waals surface area contributed by atoms with Crippen molar-refractivity contribution in [2.45, 2.75) is 13.0 Å². The summed E-state index contributed by atoms with van der Waals surface area (Å²) in [7, 11) is -2.44. The summed E-state index contributed by atoms with van der Waals surface area (Å²) in [6.45, 7) is 1.36. The first-order valence-electron chi connectivity index (χ1n) is 4.61. The summed E-state index contributed by atoms with van der Waals surface area (Å²) in [6.07, 6.45) is 0.210. The van der Waals surface area contributed by atoms with E-state index in [0.29, 0.717) is 5.30 Å². The normalized spacial score (nSPS) is 12.5. The monoisotopic (exact) mass is 256 g/mol. The first kappa shape index (κ1) is 15.2. The molecule has 2 unspecified atom stereocenters. The van der Waals surface area contributed by atoms with Crippen LogP contribution < -0.4 is 11.0 Å². The number of carboxylic acids is 1. The Kier molecular flexibility index (Phi) is 7.44. The molecule has 2 atom stereocenters. The van der Waals surface area contributed by atoms with Gasteiger partial charge in [0, 0.05) is 5.30 Å². The number of nitrogens with zero attached hydrogens (tertiary/aromatic N) is 1.